The van der Waals surface area contributed by atoms with Gasteiger partial charge < -0.3 is 19.8 Å². The highest BCUT2D eigenvalue weighted by Gasteiger charge is 2.27. The molecule has 2 unspecified atom stereocenters. The molecule has 0 spiro atoms. The highest BCUT2D eigenvalue weighted by atomic mass is 16.2. The van der Waals surface area contributed by atoms with Crippen molar-refractivity contribution < 1.29 is 14.4 Å². The van der Waals surface area contributed by atoms with E-state index in [1.807, 2.05) is 18.2 Å². The van der Waals surface area contributed by atoms with Gasteiger partial charge in [-0.1, -0.05) is 12.1 Å². The smallest absolute Gasteiger partial charge is 0.223 e. The van der Waals surface area contributed by atoms with Gasteiger partial charge >= 0.3 is 0 Å². The van der Waals surface area contributed by atoms with Crippen LogP contribution in [0.3, 0.4) is 0 Å². The maximum absolute atomic E-state index is 11.6. The van der Waals surface area contributed by atoms with E-state index >= 15 is 0 Å². The fraction of sp³-hybridized carbons (Fsp3) is 0.438. The van der Waals surface area contributed by atoms with E-state index in [4.69, 9.17) is 0 Å². The van der Waals surface area contributed by atoms with Crippen LogP contribution in [0.1, 0.15) is 30.4 Å². The average Bonchev–Trinajstić information content (AvgIpc) is 2.93. The summed E-state index contributed by atoms with van der Waals surface area (Å²) in [5.74, 6) is -0.330. The van der Waals surface area contributed by atoms with E-state index in [0.29, 0.717) is 13.0 Å². The normalized spacial score (nSPS) is 16.2. The summed E-state index contributed by atoms with van der Waals surface area (Å²) in [7, 11) is 1.70. The number of anilines is 1. The number of aldehydes is 2. The second-order valence-electron chi connectivity index (χ2n) is 5.28. The molecule has 0 radical (unpaired) electrons. The zero-order chi connectivity index (χ0) is 15.4. The zero-order valence-corrected chi connectivity index (χ0v) is 12.3. The molecule has 2 atom stereocenters. The third-order valence-corrected chi connectivity index (χ3v) is 4.05. The third kappa shape index (κ3) is 3.03. The van der Waals surface area contributed by atoms with Gasteiger partial charge in [0.1, 0.15) is 12.6 Å². The minimum absolute atomic E-state index is 0.00884. The van der Waals surface area contributed by atoms with Gasteiger partial charge in [-0.3, -0.25) is 4.79 Å². The summed E-state index contributed by atoms with van der Waals surface area (Å²) < 4.78 is 0. The first-order valence-electron chi connectivity index (χ1n) is 7.10. The average molecular weight is 288 g/mol. The van der Waals surface area contributed by atoms with E-state index in [1.165, 1.54) is 0 Å². The molecule has 0 saturated carbocycles. The van der Waals surface area contributed by atoms with Crippen LogP contribution in [0.5, 0.6) is 0 Å². The maximum Gasteiger partial charge on any atom is 0.223 e. The molecule has 0 saturated heterocycles. The Labute approximate surface area is 124 Å². The number of likely N-dealkylation sites (N-methyl/N-ethyl adjacent to an activating group) is 1. The van der Waals surface area contributed by atoms with Crippen LogP contribution in [0.15, 0.2) is 18.2 Å². The summed E-state index contributed by atoms with van der Waals surface area (Å²) in [6.45, 7) is 2.19. The van der Waals surface area contributed by atoms with Gasteiger partial charge in [-0.15, -0.1) is 0 Å². The lowest BCUT2D eigenvalue weighted by Crippen LogP contribution is -2.29. The Hall–Kier alpha value is -2.01. The molecule has 0 fully saturated rings. The van der Waals surface area contributed by atoms with Crippen molar-refractivity contribution in [2.75, 3.05) is 18.5 Å². The summed E-state index contributed by atoms with van der Waals surface area (Å²) in [5.41, 5.74) is 2.86. The van der Waals surface area contributed by atoms with Crippen LogP contribution in [-0.2, 0) is 20.8 Å². The summed E-state index contributed by atoms with van der Waals surface area (Å²) >= 11 is 0. The minimum atomic E-state index is -0.346. The van der Waals surface area contributed by atoms with Crippen molar-refractivity contribution in [1.82, 2.24) is 5.32 Å². The van der Waals surface area contributed by atoms with E-state index in [0.717, 1.165) is 35.8 Å². The molecule has 1 aliphatic heterocycles. The maximum atomic E-state index is 11.6. The highest BCUT2D eigenvalue weighted by Crippen LogP contribution is 2.35. The Morgan fingerprint density at radius 1 is 1.38 bits per heavy atom. The van der Waals surface area contributed by atoms with Crippen molar-refractivity contribution >= 4 is 24.2 Å². The predicted molar refractivity (Wildman–Crippen MR) is 80.5 cm³/mol. The number of carbonyl (C=O) groups excluding carboxylic acids is 3. The first kappa shape index (κ1) is 15.4. The number of carbonyl (C=O) groups is 3. The molecule has 2 rings (SSSR count). The predicted octanol–water partition coefficient (Wildman–Crippen LogP) is 1.06. The van der Waals surface area contributed by atoms with Gasteiger partial charge in [0.25, 0.3) is 0 Å². The Kier molecular flexibility index (Phi) is 4.85. The van der Waals surface area contributed by atoms with Crippen LogP contribution in [-0.4, -0.2) is 38.1 Å². The number of hydrogen-bond donors (Lipinski definition) is 1. The quantitative estimate of drug-likeness (QED) is 0.795. The van der Waals surface area contributed by atoms with E-state index < -0.39 is 0 Å². The van der Waals surface area contributed by atoms with Crippen LogP contribution >= 0.6 is 0 Å². The summed E-state index contributed by atoms with van der Waals surface area (Å²) in [6.07, 6.45) is 2.89. The van der Waals surface area contributed by atoms with Gasteiger partial charge in [0.15, 0.2) is 0 Å². The summed E-state index contributed by atoms with van der Waals surface area (Å²) in [4.78, 5) is 35.8. The molecule has 1 aromatic carbocycles. The van der Waals surface area contributed by atoms with Gasteiger partial charge in [-0.05, 0) is 37.1 Å². The Balaban J connectivity index is 2.34. The molecule has 112 valence electrons. The number of benzene rings is 1. The van der Waals surface area contributed by atoms with E-state index in [1.54, 1.807) is 18.9 Å². The van der Waals surface area contributed by atoms with Crippen LogP contribution in [0.2, 0.25) is 0 Å². The SMILES string of the molecule is CNC(C=O)CC(C=O)c1cccc2c1CCN2C(C)=O. The number of nitrogens with one attached hydrogen (secondary N) is 1. The van der Waals surface area contributed by atoms with Crippen LogP contribution in [0, 0.1) is 0 Å². The second-order valence-corrected chi connectivity index (χ2v) is 5.28. The van der Waals surface area contributed by atoms with Crippen molar-refractivity contribution in [3.63, 3.8) is 0 Å². The molecule has 21 heavy (non-hydrogen) atoms. The molecular weight excluding hydrogens is 268 g/mol. The fourth-order valence-electron chi connectivity index (χ4n) is 2.91. The van der Waals surface area contributed by atoms with Gasteiger partial charge in [0.2, 0.25) is 5.91 Å². The molecule has 1 aliphatic rings. The van der Waals surface area contributed by atoms with E-state index in [9.17, 15) is 14.4 Å². The molecule has 1 amide bonds. The summed E-state index contributed by atoms with van der Waals surface area (Å²) in [6, 6.07) is 5.34. The lowest BCUT2D eigenvalue weighted by atomic mass is 9.89. The number of fused-ring (bicyclic) bond motifs is 1. The second kappa shape index (κ2) is 6.63. The van der Waals surface area contributed by atoms with Crippen molar-refractivity contribution in [2.45, 2.75) is 31.7 Å². The number of amides is 1. The standard InChI is InChI=1S/C16H20N2O3/c1-11(21)18-7-6-15-14(4-3-5-16(15)18)12(9-19)8-13(10-20)17-2/h3-5,9-10,12-13,17H,6-8H2,1-2H3. The van der Waals surface area contributed by atoms with E-state index in [2.05, 4.69) is 5.32 Å². The fourth-order valence-corrected chi connectivity index (χ4v) is 2.91. The molecule has 1 aromatic rings. The Bertz CT molecular complexity index is 556. The molecule has 0 aromatic heterocycles. The third-order valence-electron chi connectivity index (χ3n) is 4.05. The number of rotatable bonds is 6. The van der Waals surface area contributed by atoms with Crippen LogP contribution < -0.4 is 10.2 Å². The monoisotopic (exact) mass is 288 g/mol. The first-order chi connectivity index (χ1) is 10.1. The van der Waals surface area contributed by atoms with E-state index in [-0.39, 0.29) is 17.9 Å². The van der Waals surface area contributed by atoms with Gasteiger partial charge in [0, 0.05) is 25.1 Å². The molecule has 5 heteroatoms. The molecule has 0 bridgehead atoms. The van der Waals surface area contributed by atoms with Crippen molar-refractivity contribution in [1.29, 1.82) is 0 Å². The highest BCUT2D eigenvalue weighted by molar-refractivity contribution is 5.94. The lowest BCUT2D eigenvalue weighted by molar-refractivity contribution is -0.116. The molecule has 1 heterocycles. The summed E-state index contributed by atoms with van der Waals surface area (Å²) in [5, 5.41) is 2.89. The number of hydrogen-bond acceptors (Lipinski definition) is 4. The van der Waals surface area contributed by atoms with Gasteiger partial charge in [0.05, 0.1) is 6.04 Å². The van der Waals surface area contributed by atoms with Crippen molar-refractivity contribution in [2.24, 2.45) is 0 Å². The van der Waals surface area contributed by atoms with Crippen LogP contribution in [0.25, 0.3) is 0 Å². The van der Waals surface area contributed by atoms with Crippen molar-refractivity contribution in [3.8, 4) is 0 Å². The Morgan fingerprint density at radius 3 is 2.71 bits per heavy atom. The van der Waals surface area contributed by atoms with Crippen molar-refractivity contribution in [3.05, 3.63) is 29.3 Å². The Morgan fingerprint density at radius 2 is 2.14 bits per heavy atom. The molecule has 1 N–H and O–H groups in total. The molecule has 0 aliphatic carbocycles. The zero-order valence-electron chi connectivity index (χ0n) is 12.3. The minimum Gasteiger partial charge on any atom is -0.312 e. The molecule has 5 nitrogen and oxygen atoms in total. The largest absolute Gasteiger partial charge is 0.312 e. The van der Waals surface area contributed by atoms with Gasteiger partial charge in [-0.2, -0.15) is 0 Å². The van der Waals surface area contributed by atoms with Crippen LogP contribution in [0.4, 0.5) is 5.69 Å². The first-order valence-corrected chi connectivity index (χ1v) is 7.10. The van der Waals surface area contributed by atoms with Gasteiger partial charge in [-0.25, -0.2) is 0 Å². The number of nitrogens with zero attached hydrogens (tertiary/aromatic N) is 1. The topological polar surface area (TPSA) is 66.5 Å². The molecular formula is C16H20N2O3. The lowest BCUT2D eigenvalue weighted by Gasteiger charge is -2.19.